The van der Waals surface area contributed by atoms with Crippen LogP contribution in [0.4, 0.5) is 0 Å². The SMILES string of the molecule is CCCCCCCC(C)(CCCCCC)c1c(C)nn(C)c1OC. The van der Waals surface area contributed by atoms with Crippen molar-refractivity contribution in [1.82, 2.24) is 9.78 Å². The zero-order chi connectivity index (χ0) is 18.0. The van der Waals surface area contributed by atoms with Gasteiger partial charge in [-0.2, -0.15) is 5.10 Å². The van der Waals surface area contributed by atoms with E-state index in [9.17, 15) is 0 Å². The minimum Gasteiger partial charge on any atom is -0.481 e. The number of unbranched alkanes of at least 4 members (excludes halogenated alkanes) is 7. The number of methoxy groups -OCH3 is 1. The van der Waals surface area contributed by atoms with E-state index >= 15 is 0 Å². The van der Waals surface area contributed by atoms with Crippen molar-refractivity contribution in [3.63, 3.8) is 0 Å². The quantitative estimate of drug-likeness (QED) is 0.394. The number of ether oxygens (including phenoxy) is 1. The number of hydrogen-bond acceptors (Lipinski definition) is 2. The molecule has 1 aromatic heterocycles. The molecule has 0 radical (unpaired) electrons. The van der Waals surface area contributed by atoms with Crippen LogP contribution in [-0.2, 0) is 12.5 Å². The lowest BCUT2D eigenvalue weighted by Gasteiger charge is -2.31. The fourth-order valence-electron chi connectivity index (χ4n) is 4.00. The van der Waals surface area contributed by atoms with Gasteiger partial charge in [-0.05, 0) is 25.2 Å². The van der Waals surface area contributed by atoms with Crippen molar-refractivity contribution >= 4 is 0 Å². The van der Waals surface area contributed by atoms with Crippen LogP contribution in [0.1, 0.15) is 103 Å². The minimum absolute atomic E-state index is 0.184. The standard InChI is InChI=1S/C21H40N2O/c1-7-9-11-13-15-17-21(4,16-14-12-10-8-2)19-18(3)22-23(5)20(19)24-6/h7-17H2,1-6H3. The lowest BCUT2D eigenvalue weighted by Crippen LogP contribution is -2.23. The third kappa shape index (κ3) is 5.82. The first-order valence-corrected chi connectivity index (χ1v) is 10.1. The zero-order valence-corrected chi connectivity index (χ0v) is 17.1. The van der Waals surface area contributed by atoms with Gasteiger partial charge >= 0.3 is 0 Å². The molecule has 1 heterocycles. The van der Waals surface area contributed by atoms with Crippen LogP contribution >= 0.6 is 0 Å². The molecule has 0 saturated heterocycles. The smallest absolute Gasteiger partial charge is 0.215 e. The van der Waals surface area contributed by atoms with Gasteiger partial charge in [-0.1, -0.05) is 78.6 Å². The molecule has 0 aromatic carbocycles. The molecular formula is C21H40N2O. The van der Waals surface area contributed by atoms with Gasteiger partial charge in [0.2, 0.25) is 5.88 Å². The summed E-state index contributed by atoms with van der Waals surface area (Å²) < 4.78 is 7.62. The van der Waals surface area contributed by atoms with Crippen LogP contribution in [0.5, 0.6) is 5.88 Å². The molecule has 0 bridgehead atoms. The summed E-state index contributed by atoms with van der Waals surface area (Å²) in [5.41, 5.74) is 2.67. The van der Waals surface area contributed by atoms with Crippen LogP contribution in [-0.4, -0.2) is 16.9 Å². The second-order valence-electron chi connectivity index (χ2n) is 7.63. The van der Waals surface area contributed by atoms with E-state index in [4.69, 9.17) is 4.74 Å². The number of aryl methyl sites for hydroxylation is 2. The normalized spacial score (nSPS) is 13.9. The Morgan fingerprint density at radius 3 is 1.92 bits per heavy atom. The molecule has 140 valence electrons. The largest absolute Gasteiger partial charge is 0.481 e. The Labute approximate surface area is 150 Å². The van der Waals surface area contributed by atoms with Crippen molar-refractivity contribution in [2.75, 3.05) is 7.11 Å². The first-order valence-electron chi connectivity index (χ1n) is 10.1. The molecule has 0 N–H and O–H groups in total. The molecule has 1 unspecified atom stereocenters. The van der Waals surface area contributed by atoms with Crippen LogP contribution < -0.4 is 4.74 Å². The second kappa shape index (κ2) is 10.8. The Kier molecular flexibility index (Phi) is 9.46. The predicted octanol–water partition coefficient (Wildman–Crippen LogP) is 6.33. The number of rotatable bonds is 13. The summed E-state index contributed by atoms with van der Waals surface area (Å²) in [6.07, 6.45) is 14.5. The maximum absolute atomic E-state index is 5.72. The van der Waals surface area contributed by atoms with Crippen LogP contribution in [0, 0.1) is 6.92 Å². The van der Waals surface area contributed by atoms with Gasteiger partial charge in [0.15, 0.2) is 0 Å². The number of nitrogens with zero attached hydrogens (tertiary/aromatic N) is 2. The van der Waals surface area contributed by atoms with Gasteiger partial charge in [0.1, 0.15) is 0 Å². The van der Waals surface area contributed by atoms with Crippen LogP contribution in [0.3, 0.4) is 0 Å². The van der Waals surface area contributed by atoms with E-state index in [-0.39, 0.29) is 5.41 Å². The van der Waals surface area contributed by atoms with E-state index in [0.717, 1.165) is 11.6 Å². The molecule has 3 nitrogen and oxygen atoms in total. The van der Waals surface area contributed by atoms with Crippen molar-refractivity contribution in [3.8, 4) is 5.88 Å². The Bertz CT molecular complexity index is 467. The molecule has 0 aliphatic heterocycles. The second-order valence-corrected chi connectivity index (χ2v) is 7.63. The monoisotopic (exact) mass is 336 g/mol. The Hall–Kier alpha value is -0.990. The molecule has 24 heavy (non-hydrogen) atoms. The summed E-state index contributed by atoms with van der Waals surface area (Å²) in [6.45, 7) is 9.13. The number of hydrogen-bond donors (Lipinski definition) is 0. The topological polar surface area (TPSA) is 27.1 Å². The molecule has 3 heteroatoms. The van der Waals surface area contributed by atoms with E-state index in [1.807, 2.05) is 11.7 Å². The highest BCUT2D eigenvalue weighted by molar-refractivity contribution is 5.38. The third-order valence-electron chi connectivity index (χ3n) is 5.38. The fraction of sp³-hybridized carbons (Fsp3) is 0.857. The Balaban J connectivity index is 2.87. The predicted molar refractivity (Wildman–Crippen MR) is 104 cm³/mol. The summed E-state index contributed by atoms with van der Waals surface area (Å²) in [5, 5.41) is 4.64. The first kappa shape index (κ1) is 21.1. The number of aromatic nitrogens is 2. The van der Waals surface area contributed by atoms with Gasteiger partial charge in [0.25, 0.3) is 0 Å². The summed E-state index contributed by atoms with van der Waals surface area (Å²) >= 11 is 0. The van der Waals surface area contributed by atoms with E-state index < -0.39 is 0 Å². The lowest BCUT2D eigenvalue weighted by molar-refractivity contribution is 0.324. The van der Waals surface area contributed by atoms with Gasteiger partial charge in [-0.25, -0.2) is 4.68 Å². The Morgan fingerprint density at radius 1 is 0.917 bits per heavy atom. The molecule has 0 saturated carbocycles. The maximum atomic E-state index is 5.72. The van der Waals surface area contributed by atoms with Gasteiger partial charge in [0.05, 0.1) is 12.8 Å². The van der Waals surface area contributed by atoms with E-state index in [1.165, 1.54) is 76.2 Å². The van der Waals surface area contributed by atoms with Crippen molar-refractivity contribution in [2.24, 2.45) is 7.05 Å². The van der Waals surface area contributed by atoms with Crippen molar-refractivity contribution in [1.29, 1.82) is 0 Å². The molecule has 0 aliphatic rings. The van der Waals surface area contributed by atoms with Gasteiger partial charge < -0.3 is 4.74 Å². The van der Waals surface area contributed by atoms with Gasteiger partial charge in [0, 0.05) is 12.6 Å². The highest BCUT2D eigenvalue weighted by atomic mass is 16.5. The maximum Gasteiger partial charge on any atom is 0.215 e. The lowest BCUT2D eigenvalue weighted by atomic mass is 9.74. The average molecular weight is 337 g/mol. The minimum atomic E-state index is 0.184. The van der Waals surface area contributed by atoms with E-state index in [1.54, 1.807) is 7.11 Å². The molecule has 0 spiro atoms. The van der Waals surface area contributed by atoms with Crippen LogP contribution in [0.15, 0.2) is 0 Å². The first-order chi connectivity index (χ1) is 11.5. The van der Waals surface area contributed by atoms with Crippen molar-refractivity contribution in [2.45, 2.75) is 104 Å². The van der Waals surface area contributed by atoms with E-state index in [2.05, 4.69) is 32.8 Å². The summed E-state index contributed by atoms with van der Waals surface area (Å²) in [7, 11) is 3.77. The van der Waals surface area contributed by atoms with Crippen LogP contribution in [0.2, 0.25) is 0 Å². The van der Waals surface area contributed by atoms with Crippen molar-refractivity contribution < 1.29 is 4.74 Å². The summed E-state index contributed by atoms with van der Waals surface area (Å²) in [4.78, 5) is 0. The zero-order valence-electron chi connectivity index (χ0n) is 17.1. The Morgan fingerprint density at radius 2 is 1.42 bits per heavy atom. The van der Waals surface area contributed by atoms with Gasteiger partial charge in [-0.3, -0.25) is 0 Å². The summed E-state index contributed by atoms with van der Waals surface area (Å²) in [5.74, 6) is 0.957. The molecule has 0 amide bonds. The van der Waals surface area contributed by atoms with E-state index in [0.29, 0.717) is 0 Å². The fourth-order valence-corrected chi connectivity index (χ4v) is 4.00. The van der Waals surface area contributed by atoms with Crippen LogP contribution in [0.25, 0.3) is 0 Å². The van der Waals surface area contributed by atoms with Crippen molar-refractivity contribution in [3.05, 3.63) is 11.3 Å². The summed E-state index contributed by atoms with van der Waals surface area (Å²) in [6, 6.07) is 0. The molecule has 1 atom stereocenters. The van der Waals surface area contributed by atoms with Gasteiger partial charge in [-0.15, -0.1) is 0 Å². The molecule has 0 fully saturated rings. The highest BCUT2D eigenvalue weighted by Gasteiger charge is 2.33. The molecule has 1 rings (SSSR count). The third-order valence-corrected chi connectivity index (χ3v) is 5.38. The average Bonchev–Trinajstić information content (AvgIpc) is 2.85. The highest BCUT2D eigenvalue weighted by Crippen LogP contribution is 2.41. The molecule has 0 aliphatic carbocycles. The molecular weight excluding hydrogens is 296 g/mol. The molecule has 1 aromatic rings.